The highest BCUT2D eigenvalue weighted by Crippen LogP contribution is 2.21. The summed E-state index contributed by atoms with van der Waals surface area (Å²) in [5.41, 5.74) is 7.53. The van der Waals surface area contributed by atoms with E-state index in [-0.39, 0.29) is 12.1 Å². The third-order valence-electron chi connectivity index (χ3n) is 4.56. The van der Waals surface area contributed by atoms with Crippen molar-refractivity contribution in [3.05, 3.63) is 65.7 Å². The van der Waals surface area contributed by atoms with Crippen molar-refractivity contribution in [1.29, 1.82) is 0 Å². The van der Waals surface area contributed by atoms with Gasteiger partial charge in [-0.15, -0.1) is 0 Å². The van der Waals surface area contributed by atoms with E-state index in [0.29, 0.717) is 5.75 Å². The molecule has 0 saturated carbocycles. The number of ether oxygens (including phenoxy) is 1. The van der Waals surface area contributed by atoms with Crippen molar-refractivity contribution in [2.45, 2.75) is 31.4 Å². The van der Waals surface area contributed by atoms with Gasteiger partial charge in [-0.25, -0.2) is 8.78 Å². The fourth-order valence-electron chi connectivity index (χ4n) is 3.27. The maximum atomic E-state index is 13.2. The molecule has 1 heterocycles. The van der Waals surface area contributed by atoms with Crippen molar-refractivity contribution in [3.63, 3.8) is 0 Å². The van der Waals surface area contributed by atoms with Crippen LogP contribution >= 0.6 is 0 Å². The molecule has 0 unspecified atom stereocenters. The summed E-state index contributed by atoms with van der Waals surface area (Å²) in [6, 6.07) is 14.1. The normalized spacial score (nSPS) is 17.4. The van der Waals surface area contributed by atoms with Gasteiger partial charge in [-0.1, -0.05) is 30.3 Å². The maximum absolute atomic E-state index is 13.2. The van der Waals surface area contributed by atoms with Gasteiger partial charge in [0.25, 0.3) is 0 Å². The summed E-state index contributed by atoms with van der Waals surface area (Å²) in [4.78, 5) is 2.35. The van der Waals surface area contributed by atoms with E-state index in [2.05, 4.69) is 17.0 Å². The van der Waals surface area contributed by atoms with E-state index in [0.717, 1.165) is 51.0 Å². The number of nitrogens with zero attached hydrogens (tertiary/aromatic N) is 1. The zero-order valence-electron chi connectivity index (χ0n) is 14.2. The Labute approximate surface area is 147 Å². The van der Waals surface area contributed by atoms with E-state index in [4.69, 9.17) is 10.5 Å². The number of likely N-dealkylation sites (tertiary alicyclic amines) is 1. The summed E-state index contributed by atoms with van der Waals surface area (Å²) < 4.78 is 32.0. The predicted octanol–water partition coefficient (Wildman–Crippen LogP) is 3.38. The third kappa shape index (κ3) is 5.25. The average molecular weight is 346 g/mol. The molecule has 2 aromatic carbocycles. The van der Waals surface area contributed by atoms with Crippen LogP contribution < -0.4 is 10.5 Å². The van der Waals surface area contributed by atoms with Crippen LogP contribution in [-0.4, -0.2) is 36.7 Å². The maximum Gasteiger partial charge on any atom is 0.162 e. The lowest BCUT2D eigenvalue weighted by Gasteiger charge is -2.33. The quantitative estimate of drug-likeness (QED) is 0.871. The Morgan fingerprint density at radius 1 is 1.04 bits per heavy atom. The Morgan fingerprint density at radius 2 is 1.76 bits per heavy atom. The lowest BCUT2D eigenvalue weighted by molar-refractivity contribution is 0.0968. The third-order valence-corrected chi connectivity index (χ3v) is 4.56. The molecule has 1 aliphatic heterocycles. The summed E-state index contributed by atoms with van der Waals surface area (Å²) in [7, 11) is 0. The molecular formula is C20H24F2N2O. The van der Waals surface area contributed by atoms with Gasteiger partial charge < -0.3 is 15.4 Å². The summed E-state index contributed by atoms with van der Waals surface area (Å²) in [6.07, 6.45) is 2.62. The lowest BCUT2D eigenvalue weighted by atomic mass is 10.0. The second-order valence-electron chi connectivity index (χ2n) is 6.64. The molecule has 0 amide bonds. The van der Waals surface area contributed by atoms with E-state index in [1.165, 1.54) is 11.6 Å². The van der Waals surface area contributed by atoms with Crippen LogP contribution in [-0.2, 0) is 6.42 Å². The number of benzene rings is 2. The minimum Gasteiger partial charge on any atom is -0.490 e. The highest BCUT2D eigenvalue weighted by atomic mass is 19.2. The number of nitrogens with two attached hydrogens (primary N) is 1. The van der Waals surface area contributed by atoms with Crippen molar-refractivity contribution in [1.82, 2.24) is 4.90 Å². The van der Waals surface area contributed by atoms with E-state index >= 15 is 0 Å². The van der Waals surface area contributed by atoms with Gasteiger partial charge in [0.1, 0.15) is 11.9 Å². The first-order chi connectivity index (χ1) is 12.1. The molecule has 0 aromatic heterocycles. The number of hydrogen-bond donors (Lipinski definition) is 1. The SMILES string of the molecule is N[C@@H](Cc1ccccc1)CN1CCC(Oc2ccc(F)c(F)c2)CC1. The van der Waals surface area contributed by atoms with Gasteiger partial charge in [-0.2, -0.15) is 0 Å². The molecule has 5 heteroatoms. The zero-order chi connectivity index (χ0) is 17.6. The molecule has 1 fully saturated rings. The molecule has 1 aliphatic rings. The van der Waals surface area contributed by atoms with Gasteiger partial charge in [-0.3, -0.25) is 0 Å². The van der Waals surface area contributed by atoms with Crippen LogP contribution in [0.4, 0.5) is 8.78 Å². The van der Waals surface area contributed by atoms with Gasteiger partial charge >= 0.3 is 0 Å². The van der Waals surface area contributed by atoms with Gasteiger partial charge in [0, 0.05) is 31.7 Å². The molecule has 25 heavy (non-hydrogen) atoms. The van der Waals surface area contributed by atoms with Crippen LogP contribution in [0.3, 0.4) is 0 Å². The van der Waals surface area contributed by atoms with Gasteiger partial charge in [0.05, 0.1) is 0 Å². The molecule has 0 radical (unpaired) electrons. The smallest absolute Gasteiger partial charge is 0.162 e. The van der Waals surface area contributed by atoms with E-state index in [1.807, 2.05) is 18.2 Å². The Morgan fingerprint density at radius 3 is 2.44 bits per heavy atom. The molecule has 134 valence electrons. The zero-order valence-corrected chi connectivity index (χ0v) is 14.2. The van der Waals surface area contributed by atoms with E-state index in [9.17, 15) is 8.78 Å². The van der Waals surface area contributed by atoms with Crippen LogP contribution in [0.2, 0.25) is 0 Å². The Balaban J connectivity index is 1.43. The minimum absolute atomic E-state index is 0.0338. The summed E-state index contributed by atoms with van der Waals surface area (Å²) in [6.45, 7) is 2.65. The fraction of sp³-hybridized carbons (Fsp3) is 0.400. The number of hydrogen-bond acceptors (Lipinski definition) is 3. The molecule has 1 atom stereocenters. The average Bonchev–Trinajstić information content (AvgIpc) is 2.61. The van der Waals surface area contributed by atoms with Crippen molar-refractivity contribution >= 4 is 0 Å². The highest BCUT2D eigenvalue weighted by Gasteiger charge is 2.22. The van der Waals surface area contributed by atoms with E-state index < -0.39 is 11.6 Å². The number of rotatable bonds is 6. The molecule has 2 aromatic rings. The molecule has 1 saturated heterocycles. The molecule has 3 nitrogen and oxygen atoms in total. The second kappa shape index (κ2) is 8.41. The minimum atomic E-state index is -0.873. The van der Waals surface area contributed by atoms with Gasteiger partial charge in [-0.05, 0) is 37.0 Å². The molecule has 0 aliphatic carbocycles. The summed E-state index contributed by atoms with van der Waals surface area (Å²) in [5.74, 6) is -1.34. The molecule has 0 bridgehead atoms. The fourth-order valence-corrected chi connectivity index (χ4v) is 3.27. The number of piperidine rings is 1. The Hall–Kier alpha value is -1.98. The van der Waals surface area contributed by atoms with Crippen LogP contribution in [0.15, 0.2) is 48.5 Å². The largest absolute Gasteiger partial charge is 0.490 e. The summed E-state index contributed by atoms with van der Waals surface area (Å²) in [5, 5.41) is 0. The van der Waals surface area contributed by atoms with Crippen LogP contribution in [0.1, 0.15) is 18.4 Å². The van der Waals surface area contributed by atoms with Crippen molar-refractivity contribution in [2.24, 2.45) is 5.73 Å². The van der Waals surface area contributed by atoms with Crippen molar-refractivity contribution in [2.75, 3.05) is 19.6 Å². The molecule has 0 spiro atoms. The Bertz CT molecular complexity index is 673. The highest BCUT2D eigenvalue weighted by molar-refractivity contribution is 5.24. The molecule has 2 N–H and O–H groups in total. The first kappa shape index (κ1) is 17.8. The second-order valence-corrected chi connectivity index (χ2v) is 6.64. The topological polar surface area (TPSA) is 38.5 Å². The first-order valence-electron chi connectivity index (χ1n) is 8.74. The van der Waals surface area contributed by atoms with Gasteiger partial charge in [0.15, 0.2) is 11.6 Å². The predicted molar refractivity (Wildman–Crippen MR) is 94.6 cm³/mol. The van der Waals surface area contributed by atoms with Crippen molar-refractivity contribution < 1.29 is 13.5 Å². The van der Waals surface area contributed by atoms with E-state index in [1.54, 1.807) is 0 Å². The van der Waals surface area contributed by atoms with Crippen LogP contribution in [0.25, 0.3) is 0 Å². The lowest BCUT2D eigenvalue weighted by Crippen LogP contribution is -2.44. The monoisotopic (exact) mass is 346 g/mol. The van der Waals surface area contributed by atoms with Crippen LogP contribution in [0, 0.1) is 11.6 Å². The van der Waals surface area contributed by atoms with Crippen LogP contribution in [0.5, 0.6) is 5.75 Å². The number of halogens is 2. The van der Waals surface area contributed by atoms with Gasteiger partial charge in [0.2, 0.25) is 0 Å². The first-order valence-corrected chi connectivity index (χ1v) is 8.74. The molecular weight excluding hydrogens is 322 g/mol. The summed E-state index contributed by atoms with van der Waals surface area (Å²) >= 11 is 0. The standard InChI is InChI=1S/C20H24F2N2O/c21-19-7-6-18(13-20(19)22)25-17-8-10-24(11-9-17)14-16(23)12-15-4-2-1-3-5-15/h1-7,13,16-17H,8-12,14,23H2/t16-/m0/s1. The Kier molecular flexibility index (Phi) is 6.00. The van der Waals surface area contributed by atoms with Crippen molar-refractivity contribution in [3.8, 4) is 5.75 Å². The molecule has 3 rings (SSSR count).